The largest absolute Gasteiger partial charge is 0.326 e. The van der Waals surface area contributed by atoms with Gasteiger partial charge < -0.3 is 5.73 Å². The maximum Gasteiger partial charge on any atom is 0.182 e. The first-order valence-electron chi connectivity index (χ1n) is 6.19. The average Bonchev–Trinajstić information content (AvgIpc) is 2.41. The molecule has 3 nitrogen and oxygen atoms in total. The Balaban J connectivity index is 2.33. The smallest absolute Gasteiger partial charge is 0.182 e. The predicted octanol–water partition coefficient (Wildman–Crippen LogP) is 2.57. The summed E-state index contributed by atoms with van der Waals surface area (Å²) < 4.78 is 37.7. The number of halogens is 1. The zero-order valence-corrected chi connectivity index (χ0v) is 12.0. The summed E-state index contributed by atoms with van der Waals surface area (Å²) in [5, 5.41) is 0. The van der Waals surface area contributed by atoms with Crippen molar-refractivity contribution in [3.8, 4) is 0 Å². The lowest BCUT2D eigenvalue weighted by Crippen LogP contribution is -2.07. The minimum Gasteiger partial charge on any atom is -0.326 e. The molecule has 2 aromatic carbocycles. The monoisotopic (exact) mass is 293 g/mol. The fourth-order valence-electron chi connectivity index (χ4n) is 2.00. The molecule has 0 bridgehead atoms. The molecule has 20 heavy (non-hydrogen) atoms. The summed E-state index contributed by atoms with van der Waals surface area (Å²) >= 11 is 0. The quantitative estimate of drug-likeness (QED) is 0.942. The van der Waals surface area contributed by atoms with Crippen molar-refractivity contribution in [1.29, 1.82) is 0 Å². The average molecular weight is 293 g/mol. The van der Waals surface area contributed by atoms with E-state index >= 15 is 0 Å². The van der Waals surface area contributed by atoms with Gasteiger partial charge in [0.2, 0.25) is 0 Å². The van der Waals surface area contributed by atoms with Crippen molar-refractivity contribution in [3.63, 3.8) is 0 Å². The summed E-state index contributed by atoms with van der Waals surface area (Å²) in [6.07, 6.45) is 0. The Morgan fingerprint density at radius 1 is 1.15 bits per heavy atom. The lowest BCUT2D eigenvalue weighted by Gasteiger charge is -2.09. The third-order valence-electron chi connectivity index (χ3n) is 3.14. The Morgan fingerprint density at radius 2 is 1.90 bits per heavy atom. The van der Waals surface area contributed by atoms with Gasteiger partial charge in [-0.2, -0.15) is 0 Å². The van der Waals surface area contributed by atoms with Crippen molar-refractivity contribution in [2.24, 2.45) is 5.73 Å². The normalized spacial score (nSPS) is 11.6. The minimum absolute atomic E-state index is 0.000184. The van der Waals surface area contributed by atoms with E-state index in [1.807, 2.05) is 19.1 Å². The number of rotatable bonds is 4. The highest BCUT2D eigenvalue weighted by molar-refractivity contribution is 7.90. The molecule has 2 aromatic rings. The Kier molecular flexibility index (Phi) is 4.20. The molecule has 0 aliphatic carbocycles. The molecule has 0 saturated heterocycles. The van der Waals surface area contributed by atoms with Gasteiger partial charge in [-0.05, 0) is 41.8 Å². The van der Waals surface area contributed by atoms with Crippen LogP contribution in [0.25, 0.3) is 0 Å². The van der Waals surface area contributed by atoms with Gasteiger partial charge >= 0.3 is 0 Å². The molecule has 0 spiro atoms. The highest BCUT2D eigenvalue weighted by Crippen LogP contribution is 2.20. The highest BCUT2D eigenvalue weighted by Gasteiger charge is 2.17. The molecule has 106 valence electrons. The molecule has 0 unspecified atom stereocenters. The molecule has 0 amide bonds. The molecule has 5 heteroatoms. The van der Waals surface area contributed by atoms with Crippen LogP contribution in [0.2, 0.25) is 0 Å². The Hall–Kier alpha value is -1.72. The van der Waals surface area contributed by atoms with Crippen LogP contribution in [0.4, 0.5) is 4.39 Å². The first-order chi connectivity index (χ1) is 9.42. The summed E-state index contributed by atoms with van der Waals surface area (Å²) in [5.41, 5.74) is 8.07. The van der Waals surface area contributed by atoms with Crippen LogP contribution in [0.15, 0.2) is 47.4 Å². The van der Waals surface area contributed by atoms with Crippen LogP contribution in [0.3, 0.4) is 0 Å². The maximum atomic E-state index is 13.1. The molecule has 0 aromatic heterocycles. The summed E-state index contributed by atoms with van der Waals surface area (Å²) in [6.45, 7) is 2.26. The first kappa shape index (κ1) is 14.7. The summed E-state index contributed by atoms with van der Waals surface area (Å²) in [4.78, 5) is -0.000184. The van der Waals surface area contributed by atoms with Crippen molar-refractivity contribution < 1.29 is 12.8 Å². The second kappa shape index (κ2) is 5.73. The molecule has 0 heterocycles. The van der Waals surface area contributed by atoms with Crippen LogP contribution in [-0.4, -0.2) is 8.42 Å². The van der Waals surface area contributed by atoms with Gasteiger partial charge in [0.05, 0.1) is 10.6 Å². The van der Waals surface area contributed by atoms with Crippen LogP contribution >= 0.6 is 0 Å². The fourth-order valence-corrected chi connectivity index (χ4v) is 3.47. The lowest BCUT2D eigenvalue weighted by molar-refractivity contribution is 0.590. The van der Waals surface area contributed by atoms with Gasteiger partial charge in [-0.25, -0.2) is 12.8 Å². The molecule has 2 N–H and O–H groups in total. The molecule has 0 saturated carbocycles. The van der Waals surface area contributed by atoms with Crippen molar-refractivity contribution in [2.45, 2.75) is 24.1 Å². The summed E-state index contributed by atoms with van der Waals surface area (Å²) in [5.74, 6) is -0.700. The molecule has 0 aliphatic rings. The van der Waals surface area contributed by atoms with E-state index in [9.17, 15) is 12.8 Å². The first-order valence-corrected chi connectivity index (χ1v) is 7.84. The minimum atomic E-state index is -3.55. The van der Waals surface area contributed by atoms with Crippen LogP contribution in [0.5, 0.6) is 0 Å². The SMILES string of the molecule is Cc1cc(CN)ccc1CS(=O)(=O)c1cccc(F)c1. The highest BCUT2D eigenvalue weighted by atomic mass is 32.2. The zero-order chi connectivity index (χ0) is 14.8. The third-order valence-corrected chi connectivity index (χ3v) is 4.81. The van der Waals surface area contributed by atoms with Crippen LogP contribution in [-0.2, 0) is 22.1 Å². The van der Waals surface area contributed by atoms with Gasteiger partial charge in [0.25, 0.3) is 0 Å². The van der Waals surface area contributed by atoms with E-state index in [0.717, 1.165) is 17.2 Å². The third kappa shape index (κ3) is 3.23. The lowest BCUT2D eigenvalue weighted by atomic mass is 10.1. The van der Waals surface area contributed by atoms with Crippen molar-refractivity contribution in [3.05, 3.63) is 65.0 Å². The number of benzene rings is 2. The predicted molar refractivity (Wildman–Crippen MR) is 76.4 cm³/mol. The molecule has 0 aliphatic heterocycles. The van der Waals surface area contributed by atoms with Crippen molar-refractivity contribution in [1.82, 2.24) is 0 Å². The van der Waals surface area contributed by atoms with E-state index in [2.05, 4.69) is 0 Å². The molecule has 0 radical (unpaired) electrons. The molecule has 0 fully saturated rings. The van der Waals surface area contributed by atoms with Gasteiger partial charge in [0, 0.05) is 6.54 Å². The Bertz CT molecular complexity index is 726. The van der Waals surface area contributed by atoms with E-state index < -0.39 is 15.7 Å². The number of hydrogen-bond donors (Lipinski definition) is 1. The second-order valence-electron chi connectivity index (χ2n) is 4.68. The molecular formula is C15H16FNO2S. The van der Waals surface area contributed by atoms with Gasteiger partial charge in [-0.1, -0.05) is 24.3 Å². The summed E-state index contributed by atoms with van der Waals surface area (Å²) in [7, 11) is -3.55. The molecular weight excluding hydrogens is 277 g/mol. The number of sulfone groups is 1. The van der Waals surface area contributed by atoms with E-state index in [-0.39, 0.29) is 10.6 Å². The number of aryl methyl sites for hydroxylation is 1. The van der Waals surface area contributed by atoms with Crippen molar-refractivity contribution >= 4 is 9.84 Å². The van der Waals surface area contributed by atoms with Gasteiger partial charge in [0.15, 0.2) is 9.84 Å². The Morgan fingerprint density at radius 3 is 2.50 bits per heavy atom. The van der Waals surface area contributed by atoms with E-state index in [4.69, 9.17) is 5.73 Å². The van der Waals surface area contributed by atoms with E-state index in [1.165, 1.54) is 18.2 Å². The van der Waals surface area contributed by atoms with Gasteiger partial charge in [0.1, 0.15) is 5.82 Å². The van der Waals surface area contributed by atoms with Crippen LogP contribution in [0, 0.1) is 12.7 Å². The Labute approximate surface area is 118 Å². The van der Waals surface area contributed by atoms with Gasteiger partial charge in [-0.3, -0.25) is 0 Å². The molecule has 0 atom stereocenters. The fraction of sp³-hybridized carbons (Fsp3) is 0.200. The maximum absolute atomic E-state index is 13.1. The topological polar surface area (TPSA) is 60.2 Å². The standard InChI is InChI=1S/C15H16FNO2S/c1-11-7-12(9-17)5-6-13(11)10-20(18,19)15-4-2-3-14(16)8-15/h2-8H,9-10,17H2,1H3. The summed E-state index contributed by atoms with van der Waals surface area (Å²) in [6, 6.07) is 10.5. The number of nitrogens with two attached hydrogens (primary N) is 1. The number of hydrogen-bond acceptors (Lipinski definition) is 3. The van der Waals surface area contributed by atoms with Crippen LogP contribution < -0.4 is 5.73 Å². The zero-order valence-electron chi connectivity index (χ0n) is 11.1. The van der Waals surface area contributed by atoms with Gasteiger partial charge in [-0.15, -0.1) is 0 Å². The molecule has 2 rings (SSSR count). The van der Waals surface area contributed by atoms with E-state index in [0.29, 0.717) is 12.1 Å². The van der Waals surface area contributed by atoms with Crippen LogP contribution in [0.1, 0.15) is 16.7 Å². The van der Waals surface area contributed by atoms with E-state index in [1.54, 1.807) is 6.07 Å². The van der Waals surface area contributed by atoms with Crippen molar-refractivity contribution in [2.75, 3.05) is 0 Å². The second-order valence-corrected chi connectivity index (χ2v) is 6.67.